The van der Waals surface area contributed by atoms with E-state index in [9.17, 15) is 4.79 Å². The molecule has 0 bridgehead atoms. The van der Waals surface area contributed by atoms with E-state index in [0.29, 0.717) is 5.16 Å². The van der Waals surface area contributed by atoms with Crippen molar-refractivity contribution >= 4 is 23.9 Å². The molecule has 3 aromatic carbocycles. The van der Waals surface area contributed by atoms with Gasteiger partial charge in [0.25, 0.3) is 5.91 Å². The van der Waals surface area contributed by atoms with Crippen molar-refractivity contribution in [2.45, 2.75) is 19.0 Å². The van der Waals surface area contributed by atoms with Gasteiger partial charge in [-0.25, -0.2) is 5.43 Å². The number of amides is 1. The summed E-state index contributed by atoms with van der Waals surface area (Å²) in [5, 5.41) is 13.5. The summed E-state index contributed by atoms with van der Waals surface area (Å²) in [5.41, 5.74) is 7.76. The molecule has 0 radical (unpaired) electrons. The Bertz CT molecular complexity index is 1240. The van der Waals surface area contributed by atoms with Gasteiger partial charge in [-0.3, -0.25) is 9.36 Å². The maximum Gasteiger partial charge on any atom is 0.250 e. The van der Waals surface area contributed by atoms with Crippen molar-refractivity contribution in [1.82, 2.24) is 20.2 Å². The van der Waals surface area contributed by atoms with Crippen molar-refractivity contribution in [3.8, 4) is 17.1 Å². The molecule has 1 amide bonds. The Morgan fingerprint density at radius 3 is 2.44 bits per heavy atom. The molecule has 6 nitrogen and oxygen atoms in total. The molecule has 4 aromatic rings. The molecule has 0 aliphatic heterocycles. The van der Waals surface area contributed by atoms with Gasteiger partial charge in [-0.1, -0.05) is 84.1 Å². The Hall–Kier alpha value is -3.71. The van der Waals surface area contributed by atoms with Crippen molar-refractivity contribution in [1.29, 1.82) is 0 Å². The van der Waals surface area contributed by atoms with E-state index in [2.05, 4.69) is 26.8 Å². The van der Waals surface area contributed by atoms with Crippen LogP contribution in [0, 0.1) is 13.8 Å². The lowest BCUT2D eigenvalue weighted by Crippen LogP contribution is -2.20. The SMILES string of the molecule is Cc1ccc(/C=N/NC(=O)CSc2nnc(-c3ccccc3)n2-c2ccccc2)c(C)c1. The van der Waals surface area contributed by atoms with Crippen molar-refractivity contribution in [3.05, 3.63) is 95.6 Å². The number of carbonyl (C=O) groups excluding carboxylic acids is 1. The molecular formula is C25H23N5OS. The predicted octanol–water partition coefficient (Wildman–Crippen LogP) is 4.79. The minimum Gasteiger partial charge on any atom is -0.272 e. The molecule has 1 N–H and O–H groups in total. The third-order valence-electron chi connectivity index (χ3n) is 4.83. The molecule has 0 saturated heterocycles. The third-order valence-corrected chi connectivity index (χ3v) is 5.76. The molecule has 0 spiro atoms. The predicted molar refractivity (Wildman–Crippen MR) is 129 cm³/mol. The summed E-state index contributed by atoms with van der Waals surface area (Å²) in [6.07, 6.45) is 1.66. The lowest BCUT2D eigenvalue weighted by atomic mass is 10.1. The first-order valence-corrected chi connectivity index (χ1v) is 11.2. The van der Waals surface area contributed by atoms with Gasteiger partial charge in [0.1, 0.15) is 0 Å². The van der Waals surface area contributed by atoms with E-state index >= 15 is 0 Å². The molecule has 4 rings (SSSR count). The van der Waals surface area contributed by atoms with Gasteiger partial charge in [0.2, 0.25) is 0 Å². The van der Waals surface area contributed by atoms with Crippen molar-refractivity contribution in [3.63, 3.8) is 0 Å². The van der Waals surface area contributed by atoms with E-state index in [1.807, 2.05) is 91.2 Å². The zero-order valence-electron chi connectivity index (χ0n) is 17.9. The van der Waals surface area contributed by atoms with Gasteiger partial charge in [0.05, 0.1) is 12.0 Å². The molecule has 0 atom stereocenters. The number of nitrogens with one attached hydrogen (secondary N) is 1. The molecule has 0 unspecified atom stereocenters. The van der Waals surface area contributed by atoms with Gasteiger partial charge < -0.3 is 0 Å². The molecular weight excluding hydrogens is 418 g/mol. The zero-order chi connectivity index (χ0) is 22.3. The summed E-state index contributed by atoms with van der Waals surface area (Å²) in [4.78, 5) is 12.4. The highest BCUT2D eigenvalue weighted by Crippen LogP contribution is 2.27. The number of aryl methyl sites for hydroxylation is 2. The number of carbonyl (C=O) groups is 1. The van der Waals surface area contributed by atoms with Crippen LogP contribution in [0.2, 0.25) is 0 Å². The maximum atomic E-state index is 12.4. The number of para-hydroxylation sites is 1. The lowest BCUT2D eigenvalue weighted by Gasteiger charge is -2.10. The first-order valence-electron chi connectivity index (χ1n) is 10.2. The molecule has 0 saturated carbocycles. The Morgan fingerprint density at radius 2 is 1.72 bits per heavy atom. The monoisotopic (exact) mass is 441 g/mol. The highest BCUT2D eigenvalue weighted by atomic mass is 32.2. The second-order valence-corrected chi connectivity index (χ2v) is 8.23. The normalized spacial score (nSPS) is 11.1. The van der Waals surface area contributed by atoms with E-state index in [4.69, 9.17) is 0 Å². The Labute approximate surface area is 191 Å². The highest BCUT2D eigenvalue weighted by Gasteiger charge is 2.17. The van der Waals surface area contributed by atoms with Gasteiger partial charge >= 0.3 is 0 Å². The second-order valence-electron chi connectivity index (χ2n) is 7.29. The highest BCUT2D eigenvalue weighted by molar-refractivity contribution is 7.99. The first kappa shape index (κ1) is 21.5. The molecule has 7 heteroatoms. The molecule has 1 heterocycles. The summed E-state index contributed by atoms with van der Waals surface area (Å²) >= 11 is 1.32. The largest absolute Gasteiger partial charge is 0.272 e. The molecule has 32 heavy (non-hydrogen) atoms. The number of hydrazone groups is 1. The third kappa shape index (κ3) is 5.12. The fourth-order valence-electron chi connectivity index (χ4n) is 3.25. The van der Waals surface area contributed by atoms with E-state index in [1.165, 1.54) is 17.3 Å². The smallest absolute Gasteiger partial charge is 0.250 e. The van der Waals surface area contributed by atoms with Gasteiger partial charge in [-0.2, -0.15) is 5.10 Å². The fourth-order valence-corrected chi connectivity index (χ4v) is 4.00. The van der Waals surface area contributed by atoms with Gasteiger partial charge in [0, 0.05) is 11.3 Å². The average Bonchev–Trinajstić information content (AvgIpc) is 3.24. The summed E-state index contributed by atoms with van der Waals surface area (Å²) in [6, 6.07) is 25.9. The number of nitrogens with zero attached hydrogens (tertiary/aromatic N) is 4. The fraction of sp³-hybridized carbons (Fsp3) is 0.120. The molecule has 0 aliphatic rings. The Balaban J connectivity index is 1.48. The van der Waals surface area contributed by atoms with Crippen molar-refractivity contribution in [2.75, 3.05) is 5.75 Å². The number of rotatable bonds is 7. The topological polar surface area (TPSA) is 72.2 Å². The Kier molecular flexibility index (Phi) is 6.77. The molecule has 0 fully saturated rings. The lowest BCUT2D eigenvalue weighted by molar-refractivity contribution is -0.118. The number of aromatic nitrogens is 3. The molecule has 0 aliphatic carbocycles. The van der Waals surface area contributed by atoms with Crippen LogP contribution >= 0.6 is 11.8 Å². The van der Waals surface area contributed by atoms with Gasteiger partial charge in [-0.05, 0) is 37.1 Å². The van der Waals surface area contributed by atoms with Crippen LogP contribution in [-0.4, -0.2) is 32.6 Å². The summed E-state index contributed by atoms with van der Waals surface area (Å²) < 4.78 is 1.96. The number of benzene rings is 3. The Morgan fingerprint density at radius 1 is 1.00 bits per heavy atom. The van der Waals surface area contributed by atoms with Crippen molar-refractivity contribution in [2.24, 2.45) is 5.10 Å². The van der Waals surface area contributed by atoms with Crippen molar-refractivity contribution < 1.29 is 4.79 Å². The summed E-state index contributed by atoms with van der Waals surface area (Å²) in [6.45, 7) is 4.07. The minimum absolute atomic E-state index is 0.171. The van der Waals surface area contributed by atoms with Crippen LogP contribution in [0.5, 0.6) is 0 Å². The minimum atomic E-state index is -0.208. The van der Waals surface area contributed by atoms with Crippen LogP contribution in [0.15, 0.2) is 89.1 Å². The van der Waals surface area contributed by atoms with Crippen LogP contribution in [-0.2, 0) is 4.79 Å². The number of hydrogen-bond donors (Lipinski definition) is 1. The van der Waals surface area contributed by atoms with Gasteiger partial charge in [-0.15, -0.1) is 10.2 Å². The van der Waals surface area contributed by atoms with E-state index < -0.39 is 0 Å². The summed E-state index contributed by atoms with van der Waals surface area (Å²) in [5.74, 6) is 0.691. The van der Waals surface area contributed by atoms with Crippen LogP contribution < -0.4 is 5.43 Å². The zero-order valence-corrected chi connectivity index (χ0v) is 18.7. The van der Waals surface area contributed by atoms with E-state index in [0.717, 1.165) is 28.2 Å². The van der Waals surface area contributed by atoms with Gasteiger partial charge in [0.15, 0.2) is 11.0 Å². The molecule has 1 aromatic heterocycles. The van der Waals surface area contributed by atoms with Crippen LogP contribution in [0.1, 0.15) is 16.7 Å². The first-order chi connectivity index (χ1) is 15.6. The van der Waals surface area contributed by atoms with Crippen LogP contribution in [0.4, 0.5) is 0 Å². The quantitative estimate of drug-likeness (QED) is 0.254. The van der Waals surface area contributed by atoms with E-state index in [1.54, 1.807) is 6.21 Å². The number of hydrogen-bond acceptors (Lipinski definition) is 5. The maximum absolute atomic E-state index is 12.4. The second kappa shape index (κ2) is 10.1. The molecule has 160 valence electrons. The van der Waals surface area contributed by atoms with Crippen LogP contribution in [0.25, 0.3) is 17.1 Å². The average molecular weight is 442 g/mol. The summed E-state index contributed by atoms with van der Waals surface area (Å²) in [7, 11) is 0. The van der Waals surface area contributed by atoms with E-state index in [-0.39, 0.29) is 11.7 Å². The van der Waals surface area contributed by atoms with Crippen LogP contribution in [0.3, 0.4) is 0 Å². The standard InChI is InChI=1S/C25H23N5OS/c1-18-13-14-21(19(2)15-18)16-26-27-23(31)17-32-25-29-28-24(20-9-5-3-6-10-20)30(25)22-11-7-4-8-12-22/h3-16H,17H2,1-2H3,(H,27,31)/b26-16+. The number of thioether (sulfide) groups is 1.